The van der Waals surface area contributed by atoms with Crippen LogP contribution in [-0.2, 0) is 24.0 Å². The van der Waals surface area contributed by atoms with Crippen LogP contribution in [-0.4, -0.2) is 131 Å². The number of benzene rings is 4. The largest absolute Gasteiger partial charge is 0.496 e. The van der Waals surface area contributed by atoms with Gasteiger partial charge in [0.1, 0.15) is 41.1 Å². The van der Waals surface area contributed by atoms with E-state index in [0.29, 0.717) is 51.6 Å². The van der Waals surface area contributed by atoms with Crippen molar-refractivity contribution in [3.05, 3.63) is 95.1 Å². The number of anilines is 4. The van der Waals surface area contributed by atoms with E-state index < -0.39 is 83.8 Å². The van der Waals surface area contributed by atoms with Crippen LogP contribution in [0.1, 0.15) is 118 Å². The third-order valence-electron chi connectivity index (χ3n) is 12.8. The summed E-state index contributed by atoms with van der Waals surface area (Å²) in [4.78, 5) is 121. The smallest absolute Gasteiger partial charge is 0.303 e. The van der Waals surface area contributed by atoms with Gasteiger partial charge in [-0.25, -0.2) is 0 Å². The summed E-state index contributed by atoms with van der Waals surface area (Å²) in [6.45, 7) is 1.14. The molecule has 4 aromatic carbocycles. The van der Waals surface area contributed by atoms with Crippen molar-refractivity contribution < 1.29 is 67.2 Å². The number of methoxy groups -OCH3 is 4. The van der Waals surface area contributed by atoms with Crippen LogP contribution in [0.25, 0.3) is 0 Å². The Kier molecular flexibility index (Phi) is 27.0. The Morgan fingerprint density at radius 2 is 0.732 bits per heavy atom. The average Bonchev–Trinajstić information content (AvgIpc) is 3.62. The standard InChI is InChI=1S/C56H76N12O14/c1-79-44-20-15-32(28-36(44)49(61)71)63-54(76)41(13-7-10-26-58)66-50(72)38-30-34(17-22-46(38)81-3)64-55(77)42(14-8-11-27-59)67-51(73)39-31-35(18-23-47(39)82-4)65-56(78)43(19-24-48(69)70)68-52(74)37-29-33(16-21-45(37)80-2)62-53(75)40(60)12-6-5-9-25-57/h15-18,20-23,28-31,40-43H,5-14,19,24-27,57-60H2,1-4H3,(H2,61,71)(H,62,75)(H,63,76)(H,64,77)(H,65,78)(H,66,72)(H,67,73)(H,68,74)(H,69,70)/t40-,41-,42-,43-/m0/s1. The van der Waals surface area contributed by atoms with E-state index in [-0.39, 0.29) is 93.8 Å². The van der Waals surface area contributed by atoms with E-state index in [1.807, 2.05) is 0 Å². The number of rotatable bonds is 35. The van der Waals surface area contributed by atoms with Gasteiger partial charge in [-0.3, -0.25) is 43.2 Å². The lowest BCUT2D eigenvalue weighted by molar-refractivity contribution is -0.137. The Labute approximate surface area is 475 Å². The third kappa shape index (κ3) is 20.0. The molecular weight excluding hydrogens is 1060 g/mol. The maximum Gasteiger partial charge on any atom is 0.303 e. The molecule has 4 rings (SSSR count). The van der Waals surface area contributed by atoms with Gasteiger partial charge in [-0.05, 0) is 150 Å². The van der Waals surface area contributed by atoms with Gasteiger partial charge in [-0.1, -0.05) is 12.8 Å². The second-order valence-corrected chi connectivity index (χ2v) is 18.8. The van der Waals surface area contributed by atoms with Gasteiger partial charge in [0.25, 0.3) is 23.6 Å². The zero-order valence-corrected chi connectivity index (χ0v) is 46.5. The number of hydrogen-bond acceptors (Lipinski definition) is 17. The molecule has 0 aromatic heterocycles. The van der Waals surface area contributed by atoms with E-state index in [2.05, 4.69) is 37.2 Å². The lowest BCUT2D eigenvalue weighted by atomic mass is 10.1. The minimum atomic E-state index is -1.46. The van der Waals surface area contributed by atoms with E-state index in [4.69, 9.17) is 47.6 Å². The quantitative estimate of drug-likeness (QED) is 0.0295. The molecule has 26 heteroatoms. The fourth-order valence-corrected chi connectivity index (χ4v) is 8.38. The van der Waals surface area contributed by atoms with Gasteiger partial charge in [0.2, 0.25) is 23.6 Å². The van der Waals surface area contributed by atoms with Crippen LogP contribution in [0, 0.1) is 0 Å². The predicted molar refractivity (Wildman–Crippen MR) is 307 cm³/mol. The van der Waals surface area contributed by atoms with Gasteiger partial charge in [-0.15, -0.1) is 0 Å². The molecular formula is C56H76N12O14. The molecule has 8 amide bonds. The molecule has 444 valence electrons. The van der Waals surface area contributed by atoms with Crippen molar-refractivity contribution in [1.82, 2.24) is 16.0 Å². The lowest BCUT2D eigenvalue weighted by Crippen LogP contribution is -2.44. The number of unbranched alkanes of at least 4 members (excludes halogenated alkanes) is 4. The van der Waals surface area contributed by atoms with Gasteiger partial charge < -0.3 is 89.9 Å². The number of ether oxygens (including phenoxy) is 4. The summed E-state index contributed by atoms with van der Waals surface area (Å²) in [5.74, 6) is -6.68. The molecule has 0 radical (unpaired) electrons. The molecule has 0 bridgehead atoms. The fourth-order valence-electron chi connectivity index (χ4n) is 8.38. The molecule has 0 saturated heterocycles. The molecule has 0 aliphatic carbocycles. The summed E-state index contributed by atoms with van der Waals surface area (Å²) < 4.78 is 21.6. The molecule has 4 atom stereocenters. The first kappa shape index (κ1) is 65.7. The highest BCUT2D eigenvalue weighted by atomic mass is 16.5. The normalized spacial score (nSPS) is 12.2. The second-order valence-electron chi connectivity index (χ2n) is 18.8. The van der Waals surface area contributed by atoms with Crippen LogP contribution in [0.5, 0.6) is 23.0 Å². The second kappa shape index (κ2) is 33.7. The zero-order valence-electron chi connectivity index (χ0n) is 46.5. The highest BCUT2D eigenvalue weighted by molar-refractivity contribution is 6.07. The van der Waals surface area contributed by atoms with Crippen LogP contribution in [0.2, 0.25) is 0 Å². The highest BCUT2D eigenvalue weighted by Crippen LogP contribution is 2.28. The number of amides is 8. The summed E-state index contributed by atoms with van der Waals surface area (Å²) >= 11 is 0. The number of carboxylic acid groups (broad SMARTS) is 1. The first-order chi connectivity index (χ1) is 39.3. The molecule has 4 aromatic rings. The summed E-state index contributed by atoms with van der Waals surface area (Å²) in [7, 11) is 5.31. The number of primary amides is 1. The number of hydrogen-bond donors (Lipinski definition) is 13. The Morgan fingerprint density at radius 1 is 0.427 bits per heavy atom. The molecule has 0 aliphatic heterocycles. The Balaban J connectivity index is 1.55. The van der Waals surface area contributed by atoms with Crippen molar-refractivity contribution in [1.29, 1.82) is 0 Å². The molecule has 18 N–H and O–H groups in total. The average molecular weight is 1140 g/mol. The van der Waals surface area contributed by atoms with E-state index in [1.54, 1.807) is 0 Å². The van der Waals surface area contributed by atoms with E-state index >= 15 is 0 Å². The lowest BCUT2D eigenvalue weighted by Gasteiger charge is -2.21. The van der Waals surface area contributed by atoms with Crippen molar-refractivity contribution >= 4 is 76.0 Å². The Bertz CT molecular complexity index is 2890. The summed E-state index contributed by atoms with van der Waals surface area (Å²) in [6.07, 6.45) is 3.94. The van der Waals surface area contributed by atoms with Gasteiger partial charge in [-0.2, -0.15) is 0 Å². The van der Waals surface area contributed by atoms with Crippen LogP contribution >= 0.6 is 0 Å². The van der Waals surface area contributed by atoms with Gasteiger partial charge in [0.05, 0.1) is 56.7 Å². The molecule has 0 fully saturated rings. The Hall–Kier alpha value is -8.85. The zero-order chi connectivity index (χ0) is 60.3. The topological polar surface area (TPSA) is 425 Å². The molecule has 0 unspecified atom stereocenters. The van der Waals surface area contributed by atoms with Crippen molar-refractivity contribution in [2.45, 2.75) is 101 Å². The highest BCUT2D eigenvalue weighted by Gasteiger charge is 2.29. The van der Waals surface area contributed by atoms with Crippen molar-refractivity contribution in [2.75, 3.05) is 69.3 Å². The molecule has 0 saturated carbocycles. The van der Waals surface area contributed by atoms with Crippen LogP contribution in [0.3, 0.4) is 0 Å². The first-order valence-electron chi connectivity index (χ1n) is 26.6. The molecule has 0 spiro atoms. The van der Waals surface area contributed by atoms with Gasteiger partial charge in [0.15, 0.2) is 0 Å². The van der Waals surface area contributed by atoms with E-state index in [9.17, 15) is 48.3 Å². The first-order valence-corrected chi connectivity index (χ1v) is 26.6. The minimum absolute atomic E-state index is 0.0231. The number of carboxylic acids is 1. The number of carbonyl (C=O) groups is 9. The van der Waals surface area contributed by atoms with Crippen molar-refractivity contribution in [3.63, 3.8) is 0 Å². The number of aliphatic carboxylic acids is 1. The van der Waals surface area contributed by atoms with Crippen LogP contribution < -0.4 is 84.8 Å². The van der Waals surface area contributed by atoms with Crippen LogP contribution in [0.4, 0.5) is 22.7 Å². The number of nitrogens with one attached hydrogen (secondary N) is 7. The van der Waals surface area contributed by atoms with Gasteiger partial charge in [0, 0.05) is 29.2 Å². The van der Waals surface area contributed by atoms with Crippen molar-refractivity contribution in [3.8, 4) is 23.0 Å². The summed E-state index contributed by atoms with van der Waals surface area (Å²) in [5.41, 5.74) is 29.0. The fraction of sp³-hybridized carbons (Fsp3) is 0.411. The summed E-state index contributed by atoms with van der Waals surface area (Å²) in [6, 6.07) is 12.2. The third-order valence-corrected chi connectivity index (χ3v) is 12.8. The predicted octanol–water partition coefficient (Wildman–Crippen LogP) is 2.94. The molecule has 26 nitrogen and oxygen atoms in total. The minimum Gasteiger partial charge on any atom is -0.496 e. The van der Waals surface area contributed by atoms with Crippen molar-refractivity contribution in [2.24, 2.45) is 28.7 Å². The SMILES string of the molecule is COc1ccc(NC(=O)[C@H](CCCCN)NC(=O)c2cc(NC(=O)[C@H](CCCCN)NC(=O)c3cc(NC(=O)[C@H](CCC(=O)O)NC(=O)c4cc(NC(=O)[C@@H](N)CCCCCN)ccc4OC)ccc3OC)ccc2OC)cc1C(N)=O. The molecule has 0 aliphatic rings. The number of carbonyl (C=O) groups excluding carboxylic acids is 8. The van der Waals surface area contributed by atoms with Gasteiger partial charge >= 0.3 is 5.97 Å². The van der Waals surface area contributed by atoms with E-state index in [1.165, 1.54) is 101 Å². The maximum absolute atomic E-state index is 14.2. The monoisotopic (exact) mass is 1140 g/mol. The van der Waals surface area contributed by atoms with Crippen LogP contribution in [0.15, 0.2) is 72.8 Å². The van der Waals surface area contributed by atoms with E-state index in [0.717, 1.165) is 12.8 Å². The summed E-state index contributed by atoms with van der Waals surface area (Å²) in [5, 5.41) is 28.3. The molecule has 0 heterocycles. The Morgan fingerprint density at radius 3 is 1.06 bits per heavy atom. The molecule has 82 heavy (non-hydrogen) atoms. The maximum atomic E-state index is 14.2. The number of nitrogens with two attached hydrogens (primary N) is 5.